The average Bonchev–Trinajstić information content (AvgIpc) is 2.80. The summed E-state index contributed by atoms with van der Waals surface area (Å²) < 4.78 is 42.9. The van der Waals surface area contributed by atoms with E-state index in [0.29, 0.717) is 4.47 Å². The van der Waals surface area contributed by atoms with Crippen molar-refractivity contribution in [3.05, 3.63) is 53.0 Å². The number of halogens is 4. The highest BCUT2D eigenvalue weighted by molar-refractivity contribution is 9.10. The average molecular weight is 582 g/mol. The minimum absolute atomic E-state index is 0.118. The fourth-order valence-electron chi connectivity index (χ4n) is 4.34. The number of para-hydroxylation sites is 1. The van der Waals surface area contributed by atoms with Gasteiger partial charge in [0.05, 0.1) is 11.2 Å². The van der Waals surface area contributed by atoms with E-state index in [1.807, 2.05) is 32.3 Å². The van der Waals surface area contributed by atoms with Gasteiger partial charge in [0.25, 0.3) is 0 Å². The Labute approximate surface area is 221 Å². The lowest BCUT2D eigenvalue weighted by Gasteiger charge is -2.31. The maximum Gasteiger partial charge on any atom is 0.573 e. The molecule has 0 bridgehead atoms. The Morgan fingerprint density at radius 3 is 2.44 bits per heavy atom. The van der Waals surface area contributed by atoms with Gasteiger partial charge < -0.3 is 25.6 Å². The summed E-state index contributed by atoms with van der Waals surface area (Å²) in [5.74, 6) is 0.493. The Morgan fingerprint density at radius 1 is 1.06 bits per heavy atom. The molecule has 1 heterocycles. The molecule has 0 saturated heterocycles. The van der Waals surface area contributed by atoms with Gasteiger partial charge in [0, 0.05) is 47.8 Å². The first-order valence-corrected chi connectivity index (χ1v) is 12.7. The van der Waals surface area contributed by atoms with Crippen molar-refractivity contribution in [1.29, 1.82) is 0 Å². The van der Waals surface area contributed by atoms with Crippen molar-refractivity contribution < 1.29 is 17.9 Å². The second-order valence-electron chi connectivity index (χ2n) is 8.92. The molecular formula is C25H27BrF3N5OS. The van der Waals surface area contributed by atoms with Gasteiger partial charge in [0.2, 0.25) is 0 Å². The third kappa shape index (κ3) is 6.91. The van der Waals surface area contributed by atoms with Crippen molar-refractivity contribution in [2.75, 3.05) is 29.6 Å². The number of hydrogen-bond donors (Lipinski definition) is 3. The second kappa shape index (κ2) is 11.1. The van der Waals surface area contributed by atoms with Gasteiger partial charge in [-0.1, -0.05) is 34.1 Å². The quantitative estimate of drug-likeness (QED) is 0.281. The van der Waals surface area contributed by atoms with Crippen LogP contribution in [0.5, 0.6) is 5.75 Å². The number of fused-ring (bicyclic) bond motifs is 1. The van der Waals surface area contributed by atoms with Crippen LogP contribution in [0.25, 0.3) is 10.9 Å². The molecule has 2 aromatic carbocycles. The Hall–Kier alpha value is -2.79. The number of nitrogens with one attached hydrogen (secondary N) is 3. The molecule has 1 fully saturated rings. The van der Waals surface area contributed by atoms with Gasteiger partial charge in [-0.15, -0.1) is 13.2 Å². The number of nitrogens with zero attached hydrogens (tertiary/aromatic N) is 2. The van der Waals surface area contributed by atoms with E-state index in [2.05, 4.69) is 53.6 Å². The van der Waals surface area contributed by atoms with Gasteiger partial charge in [0.1, 0.15) is 5.82 Å². The molecule has 1 saturated carbocycles. The molecule has 1 aliphatic carbocycles. The fourth-order valence-corrected chi connectivity index (χ4v) is 4.96. The SMILES string of the molecule is CN(C)c1cc(N[C@H]2CC[C@@H](NC(=S)Nc3ccc(Br)cc3OC(F)(F)F)CC2)nc2ccccc12. The molecule has 1 aliphatic rings. The predicted octanol–water partition coefficient (Wildman–Crippen LogP) is 6.67. The molecule has 36 heavy (non-hydrogen) atoms. The molecule has 3 N–H and O–H groups in total. The standard InChI is InChI=1S/C25H27BrF3N5OS/c1-34(2)21-14-23(32-19-6-4-3-5-18(19)21)30-16-8-10-17(11-9-16)31-24(36)33-20-12-7-15(26)13-22(20)35-25(27,28)29/h3-7,12-14,16-17H,8-11H2,1-2H3,(H,30,32)(H2,31,33,36)/t16-,17+. The molecule has 3 aromatic rings. The van der Waals surface area contributed by atoms with E-state index in [1.165, 1.54) is 12.1 Å². The number of aromatic nitrogens is 1. The van der Waals surface area contributed by atoms with Crippen LogP contribution in [0.15, 0.2) is 53.0 Å². The molecule has 0 radical (unpaired) electrons. The minimum Gasteiger partial charge on any atom is -0.404 e. The summed E-state index contributed by atoms with van der Waals surface area (Å²) in [4.78, 5) is 6.87. The molecule has 0 aliphatic heterocycles. The van der Waals surface area contributed by atoms with Crippen LogP contribution in [0.2, 0.25) is 0 Å². The zero-order chi connectivity index (χ0) is 25.9. The molecule has 0 spiro atoms. The van der Waals surface area contributed by atoms with Crippen LogP contribution >= 0.6 is 28.1 Å². The molecular weight excluding hydrogens is 555 g/mol. The van der Waals surface area contributed by atoms with Crippen LogP contribution < -0.4 is 25.6 Å². The molecule has 0 unspecified atom stereocenters. The molecule has 4 rings (SSSR count). The van der Waals surface area contributed by atoms with Gasteiger partial charge in [0.15, 0.2) is 10.9 Å². The van der Waals surface area contributed by atoms with Crippen LogP contribution in [-0.4, -0.2) is 42.6 Å². The lowest BCUT2D eigenvalue weighted by Crippen LogP contribution is -2.42. The molecule has 6 nitrogen and oxygen atoms in total. The van der Waals surface area contributed by atoms with E-state index in [9.17, 15) is 13.2 Å². The summed E-state index contributed by atoms with van der Waals surface area (Å²) in [6.07, 6.45) is -1.26. The number of hydrogen-bond acceptors (Lipinski definition) is 5. The summed E-state index contributed by atoms with van der Waals surface area (Å²) in [6, 6.07) is 14.9. The highest BCUT2D eigenvalue weighted by atomic mass is 79.9. The molecule has 1 aromatic heterocycles. The highest BCUT2D eigenvalue weighted by Gasteiger charge is 2.32. The molecule has 11 heteroatoms. The third-order valence-electron chi connectivity index (χ3n) is 6.01. The number of benzene rings is 2. The van der Waals surface area contributed by atoms with Crippen molar-refractivity contribution in [3.63, 3.8) is 0 Å². The lowest BCUT2D eigenvalue weighted by atomic mass is 9.91. The van der Waals surface area contributed by atoms with Gasteiger partial charge in [-0.05, 0) is 62.2 Å². The zero-order valence-corrected chi connectivity index (χ0v) is 22.2. The lowest BCUT2D eigenvalue weighted by molar-refractivity contribution is -0.274. The van der Waals surface area contributed by atoms with Crippen LogP contribution in [0.4, 0.5) is 30.4 Å². The van der Waals surface area contributed by atoms with E-state index in [1.54, 1.807) is 6.07 Å². The monoisotopic (exact) mass is 581 g/mol. The largest absolute Gasteiger partial charge is 0.573 e. The van der Waals surface area contributed by atoms with E-state index in [0.717, 1.165) is 48.1 Å². The van der Waals surface area contributed by atoms with Gasteiger partial charge in [-0.3, -0.25) is 0 Å². The van der Waals surface area contributed by atoms with E-state index in [4.69, 9.17) is 17.2 Å². The first-order chi connectivity index (χ1) is 17.1. The zero-order valence-electron chi connectivity index (χ0n) is 19.8. The first kappa shape index (κ1) is 26.3. The van der Waals surface area contributed by atoms with E-state index in [-0.39, 0.29) is 28.6 Å². The van der Waals surface area contributed by atoms with Crippen molar-refractivity contribution >= 4 is 61.4 Å². The third-order valence-corrected chi connectivity index (χ3v) is 6.72. The Morgan fingerprint density at radius 2 is 1.75 bits per heavy atom. The number of rotatable bonds is 6. The predicted molar refractivity (Wildman–Crippen MR) is 146 cm³/mol. The number of ether oxygens (including phenoxy) is 1. The summed E-state index contributed by atoms with van der Waals surface area (Å²) in [7, 11) is 4.04. The Balaban J connectivity index is 1.33. The summed E-state index contributed by atoms with van der Waals surface area (Å²) in [5, 5.41) is 11.0. The van der Waals surface area contributed by atoms with Crippen molar-refractivity contribution in [2.24, 2.45) is 0 Å². The van der Waals surface area contributed by atoms with Crippen LogP contribution in [0.3, 0.4) is 0 Å². The Bertz CT molecular complexity index is 1230. The maximum absolute atomic E-state index is 12.8. The van der Waals surface area contributed by atoms with Crippen molar-refractivity contribution in [2.45, 2.75) is 44.1 Å². The molecule has 0 amide bonds. The number of thiocarbonyl (C=S) groups is 1. The first-order valence-electron chi connectivity index (χ1n) is 11.5. The number of anilines is 3. The smallest absolute Gasteiger partial charge is 0.404 e. The fraction of sp³-hybridized carbons (Fsp3) is 0.360. The molecule has 192 valence electrons. The normalized spacial score (nSPS) is 17.9. The summed E-state index contributed by atoms with van der Waals surface area (Å²) in [6.45, 7) is 0. The van der Waals surface area contributed by atoms with Crippen LogP contribution in [-0.2, 0) is 0 Å². The van der Waals surface area contributed by atoms with Crippen molar-refractivity contribution in [3.8, 4) is 5.75 Å². The van der Waals surface area contributed by atoms with Gasteiger partial charge in [-0.25, -0.2) is 4.98 Å². The summed E-state index contributed by atoms with van der Waals surface area (Å²) in [5.41, 5.74) is 2.19. The Kier molecular flexibility index (Phi) is 8.09. The van der Waals surface area contributed by atoms with Crippen LogP contribution in [0, 0.1) is 0 Å². The van der Waals surface area contributed by atoms with Crippen molar-refractivity contribution in [1.82, 2.24) is 10.3 Å². The minimum atomic E-state index is -4.80. The highest BCUT2D eigenvalue weighted by Crippen LogP contribution is 2.33. The van der Waals surface area contributed by atoms with Crippen LogP contribution in [0.1, 0.15) is 25.7 Å². The van der Waals surface area contributed by atoms with Gasteiger partial charge >= 0.3 is 6.36 Å². The number of alkyl halides is 3. The number of pyridine rings is 1. The second-order valence-corrected chi connectivity index (χ2v) is 10.2. The van der Waals surface area contributed by atoms with E-state index >= 15 is 0 Å². The molecule has 0 atom stereocenters. The van der Waals surface area contributed by atoms with Gasteiger partial charge in [-0.2, -0.15) is 0 Å². The maximum atomic E-state index is 12.8. The van der Waals surface area contributed by atoms with E-state index < -0.39 is 6.36 Å². The summed E-state index contributed by atoms with van der Waals surface area (Å²) >= 11 is 8.53. The topological polar surface area (TPSA) is 61.5 Å².